The zero-order chi connectivity index (χ0) is 13.7. The van der Waals surface area contributed by atoms with Gasteiger partial charge in [-0.05, 0) is 25.1 Å². The SMILES string of the molecule is CCOC(=O)C(=O)CC(=O)c1ccc(F)c(O)c1. The number of ether oxygens (including phenoxy) is 1. The molecular weight excluding hydrogens is 243 g/mol. The molecule has 6 heteroatoms. The van der Waals surface area contributed by atoms with Crippen LogP contribution in [-0.2, 0) is 14.3 Å². The van der Waals surface area contributed by atoms with Crippen molar-refractivity contribution >= 4 is 17.5 Å². The second kappa shape index (κ2) is 5.90. The highest BCUT2D eigenvalue weighted by Gasteiger charge is 2.20. The van der Waals surface area contributed by atoms with Crippen molar-refractivity contribution in [2.24, 2.45) is 0 Å². The average Bonchev–Trinajstić information content (AvgIpc) is 2.32. The van der Waals surface area contributed by atoms with Crippen molar-refractivity contribution in [3.05, 3.63) is 29.6 Å². The van der Waals surface area contributed by atoms with E-state index in [-0.39, 0.29) is 12.2 Å². The number of phenolic OH excluding ortho intramolecular Hbond substituents is 1. The summed E-state index contributed by atoms with van der Waals surface area (Å²) in [5.74, 6) is -4.32. The zero-order valence-electron chi connectivity index (χ0n) is 9.60. The number of halogens is 1. The van der Waals surface area contributed by atoms with E-state index in [0.717, 1.165) is 18.2 Å². The van der Waals surface area contributed by atoms with Gasteiger partial charge < -0.3 is 9.84 Å². The molecule has 1 aromatic rings. The van der Waals surface area contributed by atoms with E-state index in [4.69, 9.17) is 5.11 Å². The molecule has 5 nitrogen and oxygen atoms in total. The Hall–Kier alpha value is -2.24. The standard InChI is InChI=1S/C12H11FO5/c1-2-18-12(17)11(16)6-9(14)7-3-4-8(13)10(15)5-7/h3-5,15H,2,6H2,1H3. The van der Waals surface area contributed by atoms with Crippen molar-refractivity contribution in [3.8, 4) is 5.75 Å². The van der Waals surface area contributed by atoms with E-state index in [1.807, 2.05) is 0 Å². The van der Waals surface area contributed by atoms with Gasteiger partial charge >= 0.3 is 5.97 Å². The Balaban J connectivity index is 2.73. The third-order valence-corrected chi connectivity index (χ3v) is 2.09. The quantitative estimate of drug-likeness (QED) is 0.370. The topological polar surface area (TPSA) is 80.7 Å². The van der Waals surface area contributed by atoms with Gasteiger partial charge in [-0.1, -0.05) is 0 Å². The molecule has 0 aliphatic heterocycles. The summed E-state index contributed by atoms with van der Waals surface area (Å²) >= 11 is 0. The first-order valence-corrected chi connectivity index (χ1v) is 5.17. The first-order valence-electron chi connectivity index (χ1n) is 5.17. The van der Waals surface area contributed by atoms with Gasteiger partial charge in [0.05, 0.1) is 13.0 Å². The van der Waals surface area contributed by atoms with E-state index in [2.05, 4.69) is 4.74 Å². The molecule has 18 heavy (non-hydrogen) atoms. The van der Waals surface area contributed by atoms with Crippen molar-refractivity contribution in [2.75, 3.05) is 6.61 Å². The van der Waals surface area contributed by atoms with Gasteiger partial charge in [0.15, 0.2) is 17.3 Å². The number of ketones is 2. The molecule has 1 N–H and O–H groups in total. The first kappa shape index (κ1) is 13.8. The first-order chi connectivity index (χ1) is 8.45. The molecule has 0 heterocycles. The minimum absolute atomic E-state index is 0.0378. The minimum Gasteiger partial charge on any atom is -0.505 e. The van der Waals surface area contributed by atoms with Crippen LogP contribution < -0.4 is 0 Å². The summed E-state index contributed by atoms with van der Waals surface area (Å²) in [7, 11) is 0. The molecule has 1 aromatic carbocycles. The Morgan fingerprint density at radius 1 is 1.33 bits per heavy atom. The van der Waals surface area contributed by atoms with Crippen LogP contribution in [0.15, 0.2) is 18.2 Å². The summed E-state index contributed by atoms with van der Waals surface area (Å²) in [4.78, 5) is 33.8. The average molecular weight is 254 g/mol. The summed E-state index contributed by atoms with van der Waals surface area (Å²) in [6.07, 6.45) is -0.677. The molecule has 0 amide bonds. The van der Waals surface area contributed by atoms with Crippen LogP contribution in [0, 0.1) is 5.82 Å². The van der Waals surface area contributed by atoms with Crippen LogP contribution in [0.4, 0.5) is 4.39 Å². The summed E-state index contributed by atoms with van der Waals surface area (Å²) in [5.41, 5.74) is -0.0495. The lowest BCUT2D eigenvalue weighted by atomic mass is 10.1. The summed E-state index contributed by atoms with van der Waals surface area (Å²) in [6, 6.07) is 2.92. The Labute approximate surface area is 102 Å². The van der Waals surface area contributed by atoms with Crippen molar-refractivity contribution in [1.82, 2.24) is 0 Å². The van der Waals surface area contributed by atoms with Crippen molar-refractivity contribution in [1.29, 1.82) is 0 Å². The van der Waals surface area contributed by atoms with Gasteiger partial charge in [0, 0.05) is 5.56 Å². The molecule has 0 fully saturated rings. The third kappa shape index (κ3) is 3.38. The van der Waals surface area contributed by atoms with Gasteiger partial charge in [-0.15, -0.1) is 0 Å². The molecule has 0 unspecified atom stereocenters. The van der Waals surface area contributed by atoms with Crippen LogP contribution in [0.2, 0.25) is 0 Å². The van der Waals surface area contributed by atoms with Crippen molar-refractivity contribution < 1.29 is 28.6 Å². The fourth-order valence-electron chi connectivity index (χ4n) is 1.22. The van der Waals surface area contributed by atoms with Gasteiger partial charge in [-0.25, -0.2) is 9.18 Å². The lowest BCUT2D eigenvalue weighted by Crippen LogP contribution is -2.20. The summed E-state index contributed by atoms with van der Waals surface area (Å²) < 4.78 is 17.2. The fraction of sp³-hybridized carbons (Fsp3) is 0.250. The number of rotatable bonds is 5. The summed E-state index contributed by atoms with van der Waals surface area (Å²) in [5, 5.41) is 9.07. The van der Waals surface area contributed by atoms with Crippen LogP contribution in [0.1, 0.15) is 23.7 Å². The van der Waals surface area contributed by atoms with Crippen LogP contribution in [0.25, 0.3) is 0 Å². The molecule has 0 radical (unpaired) electrons. The predicted octanol–water partition coefficient (Wildman–Crippen LogP) is 1.24. The van der Waals surface area contributed by atoms with Gasteiger partial charge in [-0.2, -0.15) is 0 Å². The molecule has 96 valence electrons. The Morgan fingerprint density at radius 3 is 2.56 bits per heavy atom. The smallest absolute Gasteiger partial charge is 0.375 e. The molecule has 0 spiro atoms. The Morgan fingerprint density at radius 2 is 2.00 bits per heavy atom. The van der Waals surface area contributed by atoms with Crippen molar-refractivity contribution in [2.45, 2.75) is 13.3 Å². The van der Waals surface area contributed by atoms with Crippen LogP contribution in [0.3, 0.4) is 0 Å². The number of benzene rings is 1. The maximum atomic E-state index is 12.8. The lowest BCUT2D eigenvalue weighted by molar-refractivity contribution is -0.153. The number of esters is 1. The normalized spacial score (nSPS) is 9.89. The largest absolute Gasteiger partial charge is 0.505 e. The minimum atomic E-state index is -1.09. The van der Waals surface area contributed by atoms with E-state index in [0.29, 0.717) is 0 Å². The fourth-order valence-corrected chi connectivity index (χ4v) is 1.22. The van der Waals surface area contributed by atoms with E-state index < -0.39 is 35.5 Å². The monoisotopic (exact) mass is 254 g/mol. The molecule has 0 saturated heterocycles. The van der Waals surface area contributed by atoms with Gasteiger partial charge in [0.1, 0.15) is 0 Å². The zero-order valence-corrected chi connectivity index (χ0v) is 9.60. The number of phenols is 1. The van der Waals surface area contributed by atoms with Crippen molar-refractivity contribution in [3.63, 3.8) is 0 Å². The van der Waals surface area contributed by atoms with E-state index in [1.165, 1.54) is 6.92 Å². The second-order valence-corrected chi connectivity index (χ2v) is 3.41. The van der Waals surface area contributed by atoms with E-state index in [9.17, 15) is 18.8 Å². The highest BCUT2D eigenvalue weighted by molar-refractivity contribution is 6.38. The summed E-state index contributed by atoms with van der Waals surface area (Å²) in [6.45, 7) is 1.57. The Bertz CT molecular complexity index is 495. The molecule has 0 aliphatic carbocycles. The molecular formula is C12H11FO5. The molecule has 0 aliphatic rings. The van der Waals surface area contributed by atoms with Crippen LogP contribution in [-0.4, -0.2) is 29.2 Å². The van der Waals surface area contributed by atoms with E-state index >= 15 is 0 Å². The number of Topliss-reactive ketones (excluding diaryl/α,β-unsaturated/α-hetero) is 2. The van der Waals surface area contributed by atoms with Gasteiger partial charge in [0.2, 0.25) is 5.78 Å². The number of aromatic hydroxyl groups is 1. The molecule has 1 rings (SSSR count). The predicted molar refractivity (Wildman–Crippen MR) is 58.7 cm³/mol. The van der Waals surface area contributed by atoms with Crippen LogP contribution in [0.5, 0.6) is 5.75 Å². The molecule has 0 bridgehead atoms. The van der Waals surface area contributed by atoms with Crippen LogP contribution >= 0.6 is 0 Å². The number of hydrogen-bond acceptors (Lipinski definition) is 5. The maximum Gasteiger partial charge on any atom is 0.375 e. The third-order valence-electron chi connectivity index (χ3n) is 2.09. The Kier molecular flexibility index (Phi) is 4.53. The number of carbonyl (C=O) groups is 3. The lowest BCUT2D eigenvalue weighted by Gasteiger charge is -2.02. The number of carbonyl (C=O) groups excluding carboxylic acids is 3. The number of hydrogen-bond donors (Lipinski definition) is 1. The highest BCUT2D eigenvalue weighted by atomic mass is 19.1. The molecule has 0 atom stereocenters. The molecule has 0 saturated carbocycles. The van der Waals surface area contributed by atoms with Gasteiger partial charge in [0.25, 0.3) is 0 Å². The van der Waals surface area contributed by atoms with E-state index in [1.54, 1.807) is 0 Å². The van der Waals surface area contributed by atoms with Gasteiger partial charge in [-0.3, -0.25) is 9.59 Å². The molecule has 0 aromatic heterocycles. The second-order valence-electron chi connectivity index (χ2n) is 3.41. The maximum absolute atomic E-state index is 12.8. The highest BCUT2D eigenvalue weighted by Crippen LogP contribution is 2.17.